The zero-order valence-corrected chi connectivity index (χ0v) is 19.2. The standard InChI is InChI=1S/C22H19ClN4O2S2/c1-3-10-27-21(28)17-15-8-5-9-16(15)31-20(17)24-22(27)30-12(2)18-25-26-19(29-18)13-6-4-7-14(23)11-13/h3-4,6-7,11-12H,1,5,8-10H2,2H3/t12-/m1/s1. The zero-order valence-electron chi connectivity index (χ0n) is 16.8. The molecule has 158 valence electrons. The Morgan fingerprint density at radius 1 is 1.39 bits per heavy atom. The van der Waals surface area contributed by atoms with Gasteiger partial charge in [0.05, 0.1) is 10.6 Å². The Morgan fingerprint density at radius 2 is 2.26 bits per heavy atom. The minimum atomic E-state index is -0.187. The smallest absolute Gasteiger partial charge is 0.263 e. The molecule has 0 amide bonds. The number of halogens is 1. The third-order valence-corrected chi connectivity index (χ3v) is 7.74. The summed E-state index contributed by atoms with van der Waals surface area (Å²) < 4.78 is 7.58. The predicted octanol–water partition coefficient (Wildman–Crippen LogP) is 5.69. The normalized spacial score (nSPS) is 14.1. The van der Waals surface area contributed by atoms with Crippen LogP contribution in [0, 0.1) is 0 Å². The maximum atomic E-state index is 13.3. The second-order valence-electron chi connectivity index (χ2n) is 7.35. The highest BCUT2D eigenvalue weighted by Crippen LogP contribution is 2.38. The van der Waals surface area contributed by atoms with Crippen molar-refractivity contribution >= 4 is 44.9 Å². The van der Waals surface area contributed by atoms with Crippen molar-refractivity contribution in [2.75, 3.05) is 0 Å². The van der Waals surface area contributed by atoms with Crippen LogP contribution in [0.4, 0.5) is 0 Å². The highest BCUT2D eigenvalue weighted by molar-refractivity contribution is 7.99. The Labute approximate surface area is 192 Å². The van der Waals surface area contributed by atoms with Crippen molar-refractivity contribution in [1.29, 1.82) is 0 Å². The van der Waals surface area contributed by atoms with Crippen LogP contribution in [0.15, 0.2) is 51.3 Å². The molecule has 0 saturated heterocycles. The van der Waals surface area contributed by atoms with Gasteiger partial charge in [0.25, 0.3) is 5.56 Å². The van der Waals surface area contributed by atoms with Gasteiger partial charge in [-0.3, -0.25) is 9.36 Å². The van der Waals surface area contributed by atoms with Crippen LogP contribution in [0.1, 0.15) is 34.9 Å². The van der Waals surface area contributed by atoms with Gasteiger partial charge in [0.1, 0.15) is 4.83 Å². The van der Waals surface area contributed by atoms with Crippen LogP contribution in [0.5, 0.6) is 0 Å². The van der Waals surface area contributed by atoms with E-state index in [0.717, 1.165) is 35.0 Å². The Hall–Kier alpha value is -2.42. The SMILES string of the molecule is C=CCn1c(S[C@H](C)c2nnc(-c3cccc(Cl)c3)o2)nc2sc3c(c2c1=O)CCC3. The van der Waals surface area contributed by atoms with Crippen LogP contribution >= 0.6 is 34.7 Å². The Kier molecular flexibility index (Phi) is 5.45. The lowest BCUT2D eigenvalue weighted by Gasteiger charge is -2.12. The van der Waals surface area contributed by atoms with Crippen LogP contribution in [-0.2, 0) is 19.4 Å². The largest absolute Gasteiger partial charge is 0.419 e. The summed E-state index contributed by atoms with van der Waals surface area (Å²) in [5.74, 6) is 0.875. The molecule has 0 aliphatic heterocycles. The third-order valence-electron chi connectivity index (χ3n) is 5.24. The van der Waals surface area contributed by atoms with Crippen molar-refractivity contribution in [1.82, 2.24) is 19.7 Å². The van der Waals surface area contributed by atoms with E-state index in [0.29, 0.717) is 28.5 Å². The molecule has 0 spiro atoms. The lowest BCUT2D eigenvalue weighted by molar-refractivity contribution is 0.508. The summed E-state index contributed by atoms with van der Waals surface area (Å²) in [6.45, 7) is 6.18. The van der Waals surface area contributed by atoms with Gasteiger partial charge >= 0.3 is 0 Å². The highest BCUT2D eigenvalue weighted by atomic mass is 35.5. The summed E-state index contributed by atoms with van der Waals surface area (Å²) in [7, 11) is 0. The Bertz CT molecular complexity index is 1360. The minimum absolute atomic E-state index is 0.00384. The third kappa shape index (κ3) is 3.73. The quantitative estimate of drug-likeness (QED) is 0.205. The van der Waals surface area contributed by atoms with Gasteiger partial charge in [-0.25, -0.2) is 4.98 Å². The number of aromatic nitrogens is 4. The number of allylic oxidation sites excluding steroid dienone is 1. The number of nitrogens with zero attached hydrogens (tertiary/aromatic N) is 4. The summed E-state index contributed by atoms with van der Waals surface area (Å²) >= 11 is 9.14. The summed E-state index contributed by atoms with van der Waals surface area (Å²) in [5.41, 5.74) is 1.95. The Balaban J connectivity index is 1.49. The number of hydrogen-bond donors (Lipinski definition) is 0. The summed E-state index contributed by atoms with van der Waals surface area (Å²) in [6.07, 6.45) is 4.82. The van der Waals surface area contributed by atoms with E-state index in [-0.39, 0.29) is 10.8 Å². The molecule has 0 radical (unpaired) electrons. The van der Waals surface area contributed by atoms with Crippen molar-refractivity contribution in [2.24, 2.45) is 0 Å². The van der Waals surface area contributed by atoms with Gasteiger partial charge in [0, 0.05) is 22.0 Å². The maximum absolute atomic E-state index is 13.3. The van der Waals surface area contributed by atoms with Crippen molar-refractivity contribution in [3.63, 3.8) is 0 Å². The van der Waals surface area contributed by atoms with Crippen LogP contribution < -0.4 is 5.56 Å². The summed E-state index contributed by atoms with van der Waals surface area (Å²) in [4.78, 5) is 20.3. The molecule has 1 aliphatic carbocycles. The lowest BCUT2D eigenvalue weighted by Crippen LogP contribution is -2.23. The van der Waals surface area contributed by atoms with Gasteiger partial charge in [-0.15, -0.1) is 28.1 Å². The van der Waals surface area contributed by atoms with Crippen molar-refractivity contribution in [2.45, 2.75) is 43.1 Å². The fourth-order valence-corrected chi connectivity index (χ4v) is 6.22. The first-order valence-electron chi connectivity index (χ1n) is 9.97. The molecule has 1 aliphatic rings. The lowest BCUT2D eigenvalue weighted by atomic mass is 10.2. The number of hydrogen-bond acceptors (Lipinski definition) is 7. The molecule has 0 bridgehead atoms. The van der Waals surface area contributed by atoms with Crippen LogP contribution in [0.3, 0.4) is 0 Å². The second-order valence-corrected chi connectivity index (χ2v) is 10.2. The van der Waals surface area contributed by atoms with E-state index in [1.165, 1.54) is 22.2 Å². The molecule has 1 aromatic carbocycles. The van der Waals surface area contributed by atoms with Gasteiger partial charge < -0.3 is 4.42 Å². The van der Waals surface area contributed by atoms with Crippen LogP contribution in [0.25, 0.3) is 21.7 Å². The number of thioether (sulfide) groups is 1. The van der Waals surface area contributed by atoms with Crippen molar-refractivity contribution < 1.29 is 4.42 Å². The van der Waals surface area contributed by atoms with Crippen molar-refractivity contribution in [3.05, 3.63) is 68.6 Å². The van der Waals surface area contributed by atoms with Crippen LogP contribution in [-0.4, -0.2) is 19.7 Å². The van der Waals surface area contributed by atoms with E-state index in [4.69, 9.17) is 21.0 Å². The first kappa shape index (κ1) is 20.5. The molecular formula is C22H19ClN4O2S2. The zero-order chi connectivity index (χ0) is 21.5. The fraction of sp³-hybridized carbons (Fsp3) is 0.273. The molecule has 4 aromatic rings. The molecule has 0 fully saturated rings. The number of fused-ring (bicyclic) bond motifs is 3. The Morgan fingerprint density at radius 3 is 3.06 bits per heavy atom. The summed E-state index contributed by atoms with van der Waals surface area (Å²) in [5, 5.41) is 10.2. The average Bonchev–Trinajstić information content (AvgIpc) is 3.46. The number of rotatable bonds is 6. The van der Waals surface area contributed by atoms with Crippen molar-refractivity contribution in [3.8, 4) is 11.5 Å². The molecule has 0 unspecified atom stereocenters. The molecule has 0 saturated carbocycles. The molecule has 31 heavy (non-hydrogen) atoms. The molecule has 9 heteroatoms. The predicted molar refractivity (Wildman–Crippen MR) is 125 cm³/mol. The van der Waals surface area contributed by atoms with E-state index in [1.807, 2.05) is 19.1 Å². The average molecular weight is 471 g/mol. The van der Waals surface area contributed by atoms with E-state index >= 15 is 0 Å². The molecule has 3 heterocycles. The molecule has 5 rings (SSSR count). The van der Waals surface area contributed by atoms with E-state index in [2.05, 4.69) is 16.8 Å². The molecular weight excluding hydrogens is 452 g/mol. The highest BCUT2D eigenvalue weighted by Gasteiger charge is 2.25. The van der Waals surface area contributed by atoms with E-state index < -0.39 is 0 Å². The van der Waals surface area contributed by atoms with Gasteiger partial charge in [-0.2, -0.15) is 0 Å². The topological polar surface area (TPSA) is 73.8 Å². The maximum Gasteiger partial charge on any atom is 0.263 e. The second kappa shape index (κ2) is 8.26. The number of benzene rings is 1. The fourth-order valence-electron chi connectivity index (χ4n) is 3.78. The number of aryl methyl sites for hydroxylation is 2. The van der Waals surface area contributed by atoms with Gasteiger partial charge in [0.15, 0.2) is 5.16 Å². The number of thiophene rings is 1. The molecule has 0 N–H and O–H groups in total. The van der Waals surface area contributed by atoms with E-state index in [9.17, 15) is 4.79 Å². The molecule has 6 nitrogen and oxygen atoms in total. The summed E-state index contributed by atoms with van der Waals surface area (Å²) in [6, 6.07) is 7.28. The van der Waals surface area contributed by atoms with Gasteiger partial charge in [0.2, 0.25) is 11.8 Å². The minimum Gasteiger partial charge on any atom is -0.419 e. The van der Waals surface area contributed by atoms with E-state index in [1.54, 1.807) is 34.1 Å². The van der Waals surface area contributed by atoms with Gasteiger partial charge in [-0.1, -0.05) is 35.5 Å². The first-order valence-corrected chi connectivity index (χ1v) is 12.0. The molecule has 1 atom stereocenters. The molecule has 3 aromatic heterocycles. The first-order chi connectivity index (χ1) is 15.0. The monoisotopic (exact) mass is 470 g/mol. The van der Waals surface area contributed by atoms with Gasteiger partial charge in [-0.05, 0) is 49.9 Å². The van der Waals surface area contributed by atoms with Crippen LogP contribution in [0.2, 0.25) is 5.02 Å².